The monoisotopic (exact) mass is 286 g/mol. The van der Waals surface area contributed by atoms with Crippen LogP contribution in [0.3, 0.4) is 0 Å². The van der Waals surface area contributed by atoms with Gasteiger partial charge in [0.25, 0.3) is 0 Å². The second kappa shape index (κ2) is 4.74. The Balaban J connectivity index is 2.02. The van der Waals surface area contributed by atoms with Crippen LogP contribution in [0.4, 0.5) is 4.39 Å². The molecule has 0 N–H and O–H groups in total. The second-order valence-electron chi connectivity index (χ2n) is 4.66. The highest BCUT2D eigenvalue weighted by atomic mass is 79.9. The molecule has 1 fully saturated rings. The Hall–Kier alpha value is -0.570. The molecule has 3 heteroatoms. The van der Waals surface area contributed by atoms with Crippen LogP contribution in [0.1, 0.15) is 24.8 Å². The van der Waals surface area contributed by atoms with Gasteiger partial charge in [-0.3, -0.25) is 0 Å². The molecule has 1 aromatic carbocycles. The second-order valence-corrected chi connectivity index (χ2v) is 5.22. The summed E-state index contributed by atoms with van der Waals surface area (Å²) in [4.78, 5) is 0. The van der Waals surface area contributed by atoms with Crippen molar-refractivity contribution in [1.29, 1.82) is 0 Å². The molecule has 16 heavy (non-hydrogen) atoms. The summed E-state index contributed by atoms with van der Waals surface area (Å²) in [6.45, 7) is 2.37. The molecule has 0 saturated heterocycles. The van der Waals surface area contributed by atoms with E-state index in [0.29, 0.717) is 17.9 Å². The lowest BCUT2D eigenvalue weighted by Crippen LogP contribution is -2.37. The third-order valence-electron chi connectivity index (χ3n) is 3.39. The number of hydrogen-bond acceptors (Lipinski definition) is 1. The molecule has 1 aromatic rings. The average molecular weight is 287 g/mol. The van der Waals surface area contributed by atoms with E-state index in [4.69, 9.17) is 4.74 Å². The van der Waals surface area contributed by atoms with Crippen LogP contribution in [-0.4, -0.2) is 11.9 Å². The fourth-order valence-corrected chi connectivity index (χ4v) is 2.68. The van der Waals surface area contributed by atoms with E-state index < -0.39 is 0 Å². The van der Waals surface area contributed by atoms with Crippen molar-refractivity contribution in [2.45, 2.75) is 26.2 Å². The van der Waals surface area contributed by atoms with Crippen molar-refractivity contribution in [1.82, 2.24) is 0 Å². The van der Waals surface area contributed by atoms with Crippen LogP contribution in [0.15, 0.2) is 18.2 Å². The first kappa shape index (κ1) is 11.9. The summed E-state index contributed by atoms with van der Waals surface area (Å²) in [5, 5.41) is 0.938. The summed E-state index contributed by atoms with van der Waals surface area (Å²) in [6, 6.07) is 5.28. The molecule has 1 aliphatic rings. The number of aryl methyl sites for hydroxylation is 1. The van der Waals surface area contributed by atoms with E-state index in [1.54, 1.807) is 19.1 Å². The molecule has 0 spiro atoms. The van der Waals surface area contributed by atoms with Gasteiger partial charge in [0.15, 0.2) is 11.6 Å². The number of alkyl halides is 1. The van der Waals surface area contributed by atoms with Gasteiger partial charge in [0, 0.05) is 10.7 Å². The topological polar surface area (TPSA) is 9.23 Å². The molecule has 0 aromatic heterocycles. The van der Waals surface area contributed by atoms with Crippen LogP contribution in [0, 0.1) is 18.2 Å². The maximum Gasteiger partial charge on any atom is 0.167 e. The summed E-state index contributed by atoms with van der Waals surface area (Å²) >= 11 is 3.52. The van der Waals surface area contributed by atoms with E-state index in [0.717, 1.165) is 5.33 Å². The zero-order chi connectivity index (χ0) is 11.6. The van der Waals surface area contributed by atoms with Crippen LogP contribution < -0.4 is 4.74 Å². The van der Waals surface area contributed by atoms with E-state index >= 15 is 0 Å². The Morgan fingerprint density at radius 2 is 2.19 bits per heavy atom. The van der Waals surface area contributed by atoms with Crippen LogP contribution >= 0.6 is 15.9 Å². The van der Waals surface area contributed by atoms with E-state index in [2.05, 4.69) is 15.9 Å². The third kappa shape index (κ3) is 2.24. The van der Waals surface area contributed by atoms with Crippen LogP contribution in [0.2, 0.25) is 0 Å². The summed E-state index contributed by atoms with van der Waals surface area (Å²) in [7, 11) is 0. The highest BCUT2D eigenvalue weighted by Gasteiger charge is 2.36. The van der Waals surface area contributed by atoms with E-state index in [1.165, 1.54) is 19.3 Å². The molecule has 0 unspecified atom stereocenters. The Morgan fingerprint density at radius 1 is 1.44 bits per heavy atom. The predicted octanol–water partition coefficient (Wildman–Crippen LogP) is 4.08. The van der Waals surface area contributed by atoms with E-state index in [1.807, 2.05) is 6.07 Å². The lowest BCUT2D eigenvalue weighted by atomic mass is 9.71. The first-order valence-electron chi connectivity index (χ1n) is 5.61. The van der Waals surface area contributed by atoms with Gasteiger partial charge >= 0.3 is 0 Å². The van der Waals surface area contributed by atoms with Crippen molar-refractivity contribution in [3.8, 4) is 5.75 Å². The molecule has 0 heterocycles. The summed E-state index contributed by atoms with van der Waals surface area (Å²) in [5.74, 6) is 0.152. The minimum absolute atomic E-state index is 0.230. The summed E-state index contributed by atoms with van der Waals surface area (Å²) < 4.78 is 19.3. The standard InChI is InChI=1S/C13H16BrFO/c1-10-4-2-5-11(12(10)15)16-9-13(8-14)6-3-7-13/h2,4-5H,3,6-9H2,1H3. The first-order valence-corrected chi connectivity index (χ1v) is 6.73. The molecule has 0 bridgehead atoms. The number of hydrogen-bond donors (Lipinski definition) is 0. The van der Waals surface area contributed by atoms with Crippen molar-refractivity contribution in [3.05, 3.63) is 29.6 Å². The zero-order valence-electron chi connectivity index (χ0n) is 9.43. The molecule has 0 amide bonds. The zero-order valence-corrected chi connectivity index (χ0v) is 11.0. The molecule has 0 aliphatic heterocycles. The van der Waals surface area contributed by atoms with Crippen molar-refractivity contribution >= 4 is 15.9 Å². The summed E-state index contributed by atoms with van der Waals surface area (Å²) in [5.41, 5.74) is 0.870. The fourth-order valence-electron chi connectivity index (χ4n) is 1.96. The molecule has 1 nitrogen and oxygen atoms in total. The van der Waals surface area contributed by atoms with Gasteiger partial charge < -0.3 is 4.74 Å². The maximum atomic E-state index is 13.7. The lowest BCUT2D eigenvalue weighted by Gasteiger charge is -2.39. The molecule has 0 atom stereocenters. The molecule has 88 valence electrons. The highest BCUT2D eigenvalue weighted by molar-refractivity contribution is 9.09. The Morgan fingerprint density at radius 3 is 2.75 bits per heavy atom. The molecule has 2 rings (SSSR count). The number of halogens is 2. The predicted molar refractivity (Wildman–Crippen MR) is 66.7 cm³/mol. The SMILES string of the molecule is Cc1cccc(OCC2(CBr)CCC2)c1F. The summed E-state index contributed by atoms with van der Waals surface area (Å²) in [6.07, 6.45) is 3.60. The quantitative estimate of drug-likeness (QED) is 0.758. The van der Waals surface area contributed by atoms with Gasteiger partial charge in [-0.05, 0) is 31.4 Å². The fraction of sp³-hybridized carbons (Fsp3) is 0.538. The van der Waals surface area contributed by atoms with Gasteiger partial charge in [-0.1, -0.05) is 34.5 Å². The van der Waals surface area contributed by atoms with E-state index in [9.17, 15) is 4.39 Å². The number of benzene rings is 1. The Kier molecular flexibility index (Phi) is 3.53. The largest absolute Gasteiger partial charge is 0.490 e. The van der Waals surface area contributed by atoms with Gasteiger partial charge in [-0.15, -0.1) is 0 Å². The van der Waals surface area contributed by atoms with Gasteiger partial charge in [-0.25, -0.2) is 4.39 Å². The van der Waals surface area contributed by atoms with Gasteiger partial charge in [0.1, 0.15) is 0 Å². The number of rotatable bonds is 4. The van der Waals surface area contributed by atoms with Crippen LogP contribution in [0.5, 0.6) is 5.75 Å². The molecule has 1 saturated carbocycles. The van der Waals surface area contributed by atoms with Gasteiger partial charge in [0.05, 0.1) is 6.61 Å². The molecular weight excluding hydrogens is 271 g/mol. The Bertz CT molecular complexity index is 369. The normalized spacial score (nSPS) is 17.9. The first-order chi connectivity index (χ1) is 7.67. The minimum atomic E-state index is -0.230. The van der Waals surface area contributed by atoms with Crippen molar-refractivity contribution in [2.75, 3.05) is 11.9 Å². The smallest absolute Gasteiger partial charge is 0.167 e. The average Bonchev–Trinajstić information content (AvgIpc) is 2.23. The highest BCUT2D eigenvalue weighted by Crippen LogP contribution is 2.42. The molecule has 1 aliphatic carbocycles. The Labute approximate surface area is 104 Å². The van der Waals surface area contributed by atoms with Crippen molar-refractivity contribution in [3.63, 3.8) is 0 Å². The number of ether oxygens (including phenoxy) is 1. The van der Waals surface area contributed by atoms with Gasteiger partial charge in [0.2, 0.25) is 0 Å². The van der Waals surface area contributed by atoms with Crippen LogP contribution in [-0.2, 0) is 0 Å². The van der Waals surface area contributed by atoms with Crippen molar-refractivity contribution < 1.29 is 9.13 Å². The molecular formula is C13H16BrFO. The maximum absolute atomic E-state index is 13.7. The van der Waals surface area contributed by atoms with Gasteiger partial charge in [-0.2, -0.15) is 0 Å². The van der Waals surface area contributed by atoms with E-state index in [-0.39, 0.29) is 11.2 Å². The van der Waals surface area contributed by atoms with Crippen molar-refractivity contribution in [2.24, 2.45) is 5.41 Å². The molecule has 0 radical (unpaired) electrons. The lowest BCUT2D eigenvalue weighted by molar-refractivity contribution is 0.0813. The third-order valence-corrected chi connectivity index (χ3v) is 4.58. The van der Waals surface area contributed by atoms with Crippen LogP contribution in [0.25, 0.3) is 0 Å². The minimum Gasteiger partial charge on any atom is -0.490 e.